The lowest BCUT2D eigenvalue weighted by molar-refractivity contribution is 0.0177. The van der Waals surface area contributed by atoms with E-state index in [0.717, 1.165) is 11.1 Å². The number of nitrogens with zero attached hydrogens (tertiary/aromatic N) is 2. The summed E-state index contributed by atoms with van der Waals surface area (Å²) in [5.74, 6) is 0.451. The Bertz CT molecular complexity index is 759. The SMILES string of the molecule is CC(C)(C)OC(=O)N1Cc2ccc(Cl)nc2OC(c2ccccc2)C1. The van der Waals surface area contributed by atoms with Crippen LogP contribution in [0.2, 0.25) is 5.15 Å². The molecule has 132 valence electrons. The highest BCUT2D eigenvalue weighted by atomic mass is 35.5. The van der Waals surface area contributed by atoms with Crippen molar-refractivity contribution in [2.24, 2.45) is 0 Å². The standard InChI is InChI=1S/C19H21ClN2O3/c1-19(2,3)25-18(23)22-11-14-9-10-16(20)21-17(14)24-15(12-22)13-7-5-4-6-8-13/h4-10,15H,11-12H2,1-3H3. The number of carbonyl (C=O) groups excluding carboxylic acids is 1. The number of halogens is 1. The molecule has 1 aliphatic rings. The number of pyridine rings is 1. The Balaban J connectivity index is 1.94. The zero-order chi connectivity index (χ0) is 18.0. The molecule has 1 aromatic heterocycles. The Labute approximate surface area is 152 Å². The molecule has 6 heteroatoms. The van der Waals surface area contributed by atoms with Crippen molar-refractivity contribution in [2.45, 2.75) is 39.0 Å². The first-order valence-electron chi connectivity index (χ1n) is 8.17. The van der Waals surface area contributed by atoms with Crippen LogP contribution in [0.3, 0.4) is 0 Å². The largest absolute Gasteiger partial charge is 0.467 e. The molecule has 0 spiro atoms. The highest BCUT2D eigenvalue weighted by molar-refractivity contribution is 6.29. The maximum absolute atomic E-state index is 12.6. The fraction of sp³-hybridized carbons (Fsp3) is 0.368. The van der Waals surface area contributed by atoms with Crippen molar-refractivity contribution in [3.05, 3.63) is 58.7 Å². The highest BCUT2D eigenvalue weighted by Crippen LogP contribution is 2.31. The van der Waals surface area contributed by atoms with E-state index in [1.807, 2.05) is 57.2 Å². The normalized spacial score (nSPS) is 17.3. The number of amides is 1. The van der Waals surface area contributed by atoms with Gasteiger partial charge in [0.2, 0.25) is 5.88 Å². The van der Waals surface area contributed by atoms with Crippen molar-refractivity contribution in [3.8, 4) is 5.88 Å². The highest BCUT2D eigenvalue weighted by Gasteiger charge is 2.30. The first-order chi connectivity index (χ1) is 11.8. The maximum Gasteiger partial charge on any atom is 0.410 e. The van der Waals surface area contributed by atoms with Gasteiger partial charge in [0.1, 0.15) is 16.9 Å². The van der Waals surface area contributed by atoms with Gasteiger partial charge in [0.15, 0.2) is 0 Å². The van der Waals surface area contributed by atoms with E-state index in [1.54, 1.807) is 11.0 Å². The van der Waals surface area contributed by atoms with E-state index in [4.69, 9.17) is 21.1 Å². The lowest BCUT2D eigenvalue weighted by Gasteiger charge is -2.28. The summed E-state index contributed by atoms with van der Waals surface area (Å²) in [6.45, 7) is 6.28. The molecule has 0 saturated heterocycles. The van der Waals surface area contributed by atoms with E-state index >= 15 is 0 Å². The molecule has 0 N–H and O–H groups in total. The van der Waals surface area contributed by atoms with Gasteiger partial charge in [0.25, 0.3) is 0 Å². The number of hydrogen-bond acceptors (Lipinski definition) is 4. The summed E-state index contributed by atoms with van der Waals surface area (Å²) in [5, 5.41) is 0.358. The molecule has 3 rings (SSSR count). The van der Waals surface area contributed by atoms with Gasteiger partial charge in [0, 0.05) is 5.56 Å². The van der Waals surface area contributed by atoms with Crippen LogP contribution in [-0.2, 0) is 11.3 Å². The van der Waals surface area contributed by atoms with E-state index in [-0.39, 0.29) is 12.2 Å². The van der Waals surface area contributed by atoms with E-state index < -0.39 is 5.60 Å². The minimum Gasteiger partial charge on any atom is -0.467 e. The van der Waals surface area contributed by atoms with Crippen LogP contribution in [0.4, 0.5) is 4.79 Å². The molecule has 2 heterocycles. The molecule has 2 aromatic rings. The summed E-state index contributed by atoms with van der Waals surface area (Å²) < 4.78 is 11.6. The molecular weight excluding hydrogens is 340 g/mol. The summed E-state index contributed by atoms with van der Waals surface area (Å²) in [4.78, 5) is 18.5. The average molecular weight is 361 g/mol. The Kier molecular flexibility index (Phi) is 4.86. The van der Waals surface area contributed by atoms with Crippen LogP contribution in [0.15, 0.2) is 42.5 Å². The predicted molar refractivity (Wildman–Crippen MR) is 95.7 cm³/mol. The first-order valence-corrected chi connectivity index (χ1v) is 8.54. The first kappa shape index (κ1) is 17.5. The monoisotopic (exact) mass is 360 g/mol. The Morgan fingerprint density at radius 2 is 1.96 bits per heavy atom. The second kappa shape index (κ2) is 6.92. The minimum atomic E-state index is -0.562. The van der Waals surface area contributed by atoms with Gasteiger partial charge >= 0.3 is 6.09 Å². The van der Waals surface area contributed by atoms with Gasteiger partial charge in [-0.2, -0.15) is 0 Å². The van der Waals surface area contributed by atoms with Crippen LogP contribution in [0.1, 0.15) is 38.0 Å². The summed E-state index contributed by atoms with van der Waals surface area (Å²) in [6.07, 6.45) is -0.722. The maximum atomic E-state index is 12.6. The summed E-state index contributed by atoms with van der Waals surface area (Å²) >= 11 is 6.01. The fourth-order valence-corrected chi connectivity index (χ4v) is 2.76. The smallest absolute Gasteiger partial charge is 0.410 e. The summed E-state index contributed by atoms with van der Waals surface area (Å²) in [5.41, 5.74) is 1.20. The Morgan fingerprint density at radius 1 is 1.24 bits per heavy atom. The molecule has 1 aliphatic heterocycles. The van der Waals surface area contributed by atoms with E-state index in [1.165, 1.54) is 0 Å². The molecule has 1 amide bonds. The Morgan fingerprint density at radius 3 is 2.64 bits per heavy atom. The molecule has 0 fully saturated rings. The van der Waals surface area contributed by atoms with Crippen molar-refractivity contribution in [1.82, 2.24) is 9.88 Å². The second-order valence-corrected chi connectivity index (χ2v) is 7.36. The van der Waals surface area contributed by atoms with Gasteiger partial charge in [0.05, 0.1) is 13.1 Å². The van der Waals surface area contributed by atoms with Gasteiger partial charge in [-0.15, -0.1) is 0 Å². The van der Waals surface area contributed by atoms with Crippen LogP contribution >= 0.6 is 11.6 Å². The fourth-order valence-electron chi connectivity index (χ4n) is 2.62. The predicted octanol–water partition coefficient (Wildman–Crippen LogP) is 4.61. The van der Waals surface area contributed by atoms with Crippen molar-refractivity contribution < 1.29 is 14.3 Å². The number of benzene rings is 1. The number of aromatic nitrogens is 1. The second-order valence-electron chi connectivity index (χ2n) is 6.98. The van der Waals surface area contributed by atoms with Crippen molar-refractivity contribution in [1.29, 1.82) is 0 Å². The zero-order valence-corrected chi connectivity index (χ0v) is 15.3. The van der Waals surface area contributed by atoms with E-state index in [2.05, 4.69) is 4.98 Å². The number of carbonyl (C=O) groups is 1. The molecule has 0 bridgehead atoms. The van der Waals surface area contributed by atoms with Gasteiger partial charge < -0.3 is 9.47 Å². The molecule has 0 aliphatic carbocycles. The van der Waals surface area contributed by atoms with Crippen LogP contribution in [0, 0.1) is 0 Å². The average Bonchev–Trinajstić information content (AvgIpc) is 2.73. The van der Waals surface area contributed by atoms with Gasteiger partial charge in [-0.3, -0.25) is 4.90 Å². The number of ether oxygens (including phenoxy) is 2. The molecule has 5 nitrogen and oxygen atoms in total. The van der Waals surface area contributed by atoms with Gasteiger partial charge in [-0.05, 0) is 38.5 Å². The third-order valence-corrected chi connectivity index (χ3v) is 3.94. The molecule has 25 heavy (non-hydrogen) atoms. The zero-order valence-electron chi connectivity index (χ0n) is 14.5. The summed E-state index contributed by atoms with van der Waals surface area (Å²) in [6, 6.07) is 13.3. The third-order valence-electron chi connectivity index (χ3n) is 3.73. The minimum absolute atomic E-state index is 0.346. The van der Waals surface area contributed by atoms with Crippen molar-refractivity contribution in [2.75, 3.05) is 6.54 Å². The number of hydrogen-bond donors (Lipinski definition) is 0. The molecule has 1 aromatic carbocycles. The van der Waals surface area contributed by atoms with Gasteiger partial charge in [-0.1, -0.05) is 41.9 Å². The van der Waals surface area contributed by atoms with E-state index in [9.17, 15) is 4.79 Å². The van der Waals surface area contributed by atoms with E-state index in [0.29, 0.717) is 24.1 Å². The van der Waals surface area contributed by atoms with Crippen molar-refractivity contribution >= 4 is 17.7 Å². The lowest BCUT2D eigenvalue weighted by Crippen LogP contribution is -2.38. The molecule has 0 radical (unpaired) electrons. The van der Waals surface area contributed by atoms with Gasteiger partial charge in [-0.25, -0.2) is 9.78 Å². The Hall–Kier alpha value is -2.27. The van der Waals surface area contributed by atoms with Crippen LogP contribution in [0.5, 0.6) is 5.88 Å². The van der Waals surface area contributed by atoms with Crippen LogP contribution < -0.4 is 4.74 Å². The van der Waals surface area contributed by atoms with Crippen molar-refractivity contribution in [3.63, 3.8) is 0 Å². The molecular formula is C19H21ClN2O3. The number of fused-ring (bicyclic) bond motifs is 1. The van der Waals surface area contributed by atoms with Crippen LogP contribution in [0.25, 0.3) is 0 Å². The summed E-state index contributed by atoms with van der Waals surface area (Å²) in [7, 11) is 0. The lowest BCUT2D eigenvalue weighted by atomic mass is 10.1. The quantitative estimate of drug-likeness (QED) is 0.697. The molecule has 0 saturated carbocycles. The van der Waals surface area contributed by atoms with Crippen LogP contribution in [-0.4, -0.2) is 28.1 Å². The third kappa shape index (κ3) is 4.42. The molecule has 1 unspecified atom stereocenters. The molecule has 1 atom stereocenters. The number of rotatable bonds is 1. The topological polar surface area (TPSA) is 51.7 Å².